The molecule has 6 rings (SSSR count). The van der Waals surface area contributed by atoms with Crippen LogP contribution < -0.4 is 10.1 Å². The molecular weight excluding hydrogens is 500 g/mol. The lowest BCUT2D eigenvalue weighted by Gasteiger charge is -2.59. The molecule has 2 bridgehead atoms. The molecule has 0 unspecified atom stereocenters. The molecular formula is C30H34N2O7. The second kappa shape index (κ2) is 8.99. The molecule has 1 amide bonds. The van der Waals surface area contributed by atoms with Gasteiger partial charge < -0.3 is 30.1 Å². The Bertz CT molecular complexity index is 1400. The van der Waals surface area contributed by atoms with Gasteiger partial charge in [0.05, 0.1) is 34.9 Å². The normalized spacial score (nSPS) is 29.6. The van der Waals surface area contributed by atoms with Crippen LogP contribution >= 0.6 is 0 Å². The van der Waals surface area contributed by atoms with E-state index in [1.54, 1.807) is 31.2 Å². The number of aliphatic hydroxyl groups is 2. The number of aromatic hydroxyl groups is 1. The number of piperidine rings is 1. The maximum Gasteiger partial charge on any atom is 0.339 e. The summed E-state index contributed by atoms with van der Waals surface area (Å²) in [6.07, 6.45) is 2.42. The Morgan fingerprint density at radius 3 is 2.67 bits per heavy atom. The molecule has 1 spiro atoms. The van der Waals surface area contributed by atoms with E-state index in [0.717, 1.165) is 17.7 Å². The minimum absolute atomic E-state index is 0.0128. The number of phenolic OH excluding ortho intramolecular Hbond substituents is 1. The van der Waals surface area contributed by atoms with Crippen LogP contribution in [0, 0.1) is 5.92 Å². The summed E-state index contributed by atoms with van der Waals surface area (Å²) in [5, 5.41) is 37.4. The predicted molar refractivity (Wildman–Crippen MR) is 143 cm³/mol. The van der Waals surface area contributed by atoms with Gasteiger partial charge in [-0.3, -0.25) is 9.69 Å². The van der Waals surface area contributed by atoms with E-state index in [4.69, 9.17) is 9.47 Å². The number of nitrogens with zero attached hydrogens (tertiary/aromatic N) is 1. The molecule has 4 aliphatic rings. The summed E-state index contributed by atoms with van der Waals surface area (Å²) in [4.78, 5) is 27.9. The lowest BCUT2D eigenvalue weighted by Crippen LogP contribution is -2.73. The number of phenols is 1. The third kappa shape index (κ3) is 3.74. The average Bonchev–Trinajstić information content (AvgIpc) is 3.66. The fourth-order valence-electron chi connectivity index (χ4n) is 6.98. The van der Waals surface area contributed by atoms with Gasteiger partial charge >= 0.3 is 5.97 Å². The number of hydrogen-bond donors (Lipinski definition) is 4. The van der Waals surface area contributed by atoms with E-state index in [1.807, 2.05) is 6.07 Å². The number of esters is 1. The number of amides is 1. The van der Waals surface area contributed by atoms with Gasteiger partial charge in [0.25, 0.3) is 5.91 Å². The summed E-state index contributed by atoms with van der Waals surface area (Å²) < 4.78 is 11.1. The molecule has 39 heavy (non-hydrogen) atoms. The lowest BCUT2D eigenvalue weighted by molar-refractivity contribution is -0.153. The standard InChI is InChI=1S/C30H34N2O7/c1-16(27(35)31-20-7-5-4-6-19(20)28(36)38-3)24(34)26-30-12-13-32(15-17-8-9-17)22(29(30,2)37)14-18-10-11-21(33)25(39-26)23(18)30/h4-7,10-11,17,22,26,33-34,37H,8-9,12-15H2,1-3H3,(H,31,35)/b24-16-/t22-,26+,29-,30+/m1/s1. The Kier molecular flexibility index (Phi) is 5.93. The Labute approximate surface area is 227 Å². The second-order valence-corrected chi connectivity index (χ2v) is 11.5. The SMILES string of the molecule is COC(=O)c1ccccc1NC(=O)/C(C)=C(\O)[C@@H]1Oc2c(O)ccc3c2[C@@]12CCN(CC1CC1)[C@H](C3)[C@@]2(C)O. The highest BCUT2D eigenvalue weighted by Gasteiger charge is 2.69. The van der Waals surface area contributed by atoms with E-state index in [2.05, 4.69) is 10.2 Å². The van der Waals surface area contributed by atoms with Crippen molar-refractivity contribution in [3.63, 3.8) is 0 Å². The molecule has 2 fully saturated rings. The molecule has 2 aromatic rings. The highest BCUT2D eigenvalue weighted by Crippen LogP contribution is 2.63. The number of rotatable bonds is 6. The molecule has 1 saturated heterocycles. The van der Waals surface area contributed by atoms with Gasteiger partial charge in [0.1, 0.15) is 5.76 Å². The number of ether oxygens (including phenoxy) is 2. The number of hydrogen-bond acceptors (Lipinski definition) is 8. The first kappa shape index (κ1) is 25.7. The molecule has 2 heterocycles. The topological polar surface area (TPSA) is 129 Å². The molecule has 0 aromatic heterocycles. The molecule has 2 aliphatic carbocycles. The average molecular weight is 535 g/mol. The van der Waals surface area contributed by atoms with Crippen molar-refractivity contribution in [3.05, 3.63) is 64.4 Å². The number of carbonyl (C=O) groups excluding carboxylic acids is 2. The third-order valence-electron chi connectivity index (χ3n) is 9.30. The van der Waals surface area contributed by atoms with Crippen LogP contribution in [0.4, 0.5) is 5.69 Å². The van der Waals surface area contributed by atoms with Gasteiger partial charge in [-0.1, -0.05) is 18.2 Å². The van der Waals surface area contributed by atoms with Crippen LogP contribution in [-0.4, -0.2) is 70.0 Å². The summed E-state index contributed by atoms with van der Waals surface area (Å²) in [5.74, 6) is -0.705. The number of nitrogens with one attached hydrogen (secondary N) is 1. The summed E-state index contributed by atoms with van der Waals surface area (Å²) in [7, 11) is 1.26. The van der Waals surface area contributed by atoms with Gasteiger partial charge in [-0.15, -0.1) is 0 Å². The zero-order chi connectivity index (χ0) is 27.7. The highest BCUT2D eigenvalue weighted by molar-refractivity contribution is 6.07. The van der Waals surface area contributed by atoms with Crippen molar-refractivity contribution < 1.29 is 34.4 Å². The maximum absolute atomic E-state index is 13.3. The van der Waals surface area contributed by atoms with E-state index in [0.29, 0.717) is 25.3 Å². The minimum Gasteiger partial charge on any atom is -0.508 e. The smallest absolute Gasteiger partial charge is 0.339 e. The second-order valence-electron chi connectivity index (χ2n) is 11.5. The Balaban J connectivity index is 1.40. The van der Waals surface area contributed by atoms with E-state index < -0.39 is 29.0 Å². The number of likely N-dealkylation sites (tertiary alicyclic amines) is 1. The number of anilines is 1. The first-order valence-corrected chi connectivity index (χ1v) is 13.5. The molecule has 2 aromatic carbocycles. The van der Waals surface area contributed by atoms with Crippen LogP contribution in [0.2, 0.25) is 0 Å². The fourth-order valence-corrected chi connectivity index (χ4v) is 6.98. The van der Waals surface area contributed by atoms with E-state index in [-0.39, 0.29) is 40.1 Å². The van der Waals surface area contributed by atoms with Crippen LogP contribution in [0.3, 0.4) is 0 Å². The van der Waals surface area contributed by atoms with Gasteiger partial charge in [0.15, 0.2) is 17.6 Å². The molecule has 1 saturated carbocycles. The third-order valence-corrected chi connectivity index (χ3v) is 9.30. The molecule has 0 radical (unpaired) electrons. The fraction of sp³-hybridized carbons (Fsp3) is 0.467. The van der Waals surface area contributed by atoms with Crippen molar-refractivity contribution in [2.75, 3.05) is 25.5 Å². The molecule has 206 valence electrons. The van der Waals surface area contributed by atoms with E-state index in [9.17, 15) is 24.9 Å². The van der Waals surface area contributed by atoms with Crippen molar-refractivity contribution in [1.82, 2.24) is 4.90 Å². The van der Waals surface area contributed by atoms with Crippen molar-refractivity contribution in [1.29, 1.82) is 0 Å². The molecule has 4 N–H and O–H groups in total. The van der Waals surface area contributed by atoms with Gasteiger partial charge in [0, 0.05) is 18.2 Å². The number of fused-ring (bicyclic) bond motifs is 1. The van der Waals surface area contributed by atoms with E-state index >= 15 is 0 Å². The van der Waals surface area contributed by atoms with Crippen molar-refractivity contribution >= 4 is 17.6 Å². The van der Waals surface area contributed by atoms with Crippen LogP contribution in [-0.2, 0) is 21.4 Å². The van der Waals surface area contributed by atoms with Crippen LogP contribution in [0.5, 0.6) is 11.5 Å². The van der Waals surface area contributed by atoms with Crippen LogP contribution in [0.25, 0.3) is 0 Å². The summed E-state index contributed by atoms with van der Waals surface area (Å²) >= 11 is 0. The molecule has 9 heteroatoms. The largest absolute Gasteiger partial charge is 0.508 e. The van der Waals surface area contributed by atoms with Crippen molar-refractivity contribution in [2.45, 2.75) is 62.7 Å². The van der Waals surface area contributed by atoms with E-state index in [1.165, 1.54) is 32.9 Å². The first-order valence-electron chi connectivity index (χ1n) is 13.5. The first-order chi connectivity index (χ1) is 18.6. The summed E-state index contributed by atoms with van der Waals surface area (Å²) in [5.41, 5.74) is -0.262. The maximum atomic E-state index is 13.3. The number of para-hydroxylation sites is 1. The Hall–Kier alpha value is -3.56. The Morgan fingerprint density at radius 1 is 1.21 bits per heavy atom. The number of aliphatic hydroxyl groups excluding tert-OH is 1. The van der Waals surface area contributed by atoms with Crippen LogP contribution in [0.15, 0.2) is 47.7 Å². The summed E-state index contributed by atoms with van der Waals surface area (Å²) in [6, 6.07) is 9.72. The molecule has 4 atom stereocenters. The predicted octanol–water partition coefficient (Wildman–Crippen LogP) is 3.44. The van der Waals surface area contributed by atoms with Crippen LogP contribution in [0.1, 0.15) is 54.6 Å². The van der Waals surface area contributed by atoms with Crippen molar-refractivity contribution in [3.8, 4) is 11.5 Å². The quantitative estimate of drug-likeness (QED) is 0.252. The van der Waals surface area contributed by atoms with Gasteiger partial charge in [0.2, 0.25) is 0 Å². The highest BCUT2D eigenvalue weighted by atomic mass is 16.5. The lowest BCUT2D eigenvalue weighted by atomic mass is 9.53. The number of benzene rings is 2. The van der Waals surface area contributed by atoms with Gasteiger partial charge in [-0.05, 0) is 75.8 Å². The number of methoxy groups -OCH3 is 1. The monoisotopic (exact) mass is 534 g/mol. The minimum atomic E-state index is -1.31. The van der Waals surface area contributed by atoms with Gasteiger partial charge in [-0.25, -0.2) is 4.79 Å². The van der Waals surface area contributed by atoms with Gasteiger partial charge in [-0.2, -0.15) is 0 Å². The zero-order valence-corrected chi connectivity index (χ0v) is 22.4. The summed E-state index contributed by atoms with van der Waals surface area (Å²) in [6.45, 7) is 4.90. The number of carbonyl (C=O) groups is 2. The Morgan fingerprint density at radius 2 is 1.95 bits per heavy atom. The molecule has 2 aliphatic heterocycles. The zero-order valence-electron chi connectivity index (χ0n) is 22.4. The van der Waals surface area contributed by atoms with Crippen molar-refractivity contribution in [2.24, 2.45) is 5.92 Å². The molecule has 9 nitrogen and oxygen atoms in total.